The van der Waals surface area contributed by atoms with Crippen molar-refractivity contribution < 1.29 is 14.7 Å². The van der Waals surface area contributed by atoms with E-state index in [-0.39, 0.29) is 12.2 Å². The van der Waals surface area contributed by atoms with Crippen molar-refractivity contribution in [2.45, 2.75) is 25.7 Å². The van der Waals surface area contributed by atoms with E-state index in [1.165, 1.54) is 0 Å². The fourth-order valence-corrected chi connectivity index (χ4v) is 1.92. The predicted molar refractivity (Wildman–Crippen MR) is 55.1 cm³/mol. The molecule has 1 N–H and O–H groups in total. The van der Waals surface area contributed by atoms with Crippen molar-refractivity contribution in [2.75, 3.05) is 0 Å². The van der Waals surface area contributed by atoms with Gasteiger partial charge in [-0.3, -0.25) is 9.59 Å². The summed E-state index contributed by atoms with van der Waals surface area (Å²) in [7, 11) is 0. The number of aliphatic carboxylic acids is 1. The molecule has 0 saturated carbocycles. The Morgan fingerprint density at radius 2 is 2.13 bits per heavy atom. The summed E-state index contributed by atoms with van der Waals surface area (Å²) in [6, 6.07) is 5.63. The summed E-state index contributed by atoms with van der Waals surface area (Å²) in [6.07, 6.45) is 2.08. The topological polar surface area (TPSA) is 54.4 Å². The lowest BCUT2D eigenvalue weighted by atomic mass is 10.0. The predicted octanol–water partition coefficient (Wildman–Crippen LogP) is 1.83. The highest BCUT2D eigenvalue weighted by atomic mass is 16.4. The Kier molecular flexibility index (Phi) is 2.54. The smallest absolute Gasteiger partial charge is 0.303 e. The van der Waals surface area contributed by atoms with Crippen molar-refractivity contribution in [3.8, 4) is 0 Å². The number of rotatable bonds is 3. The third-order valence-corrected chi connectivity index (χ3v) is 2.72. The van der Waals surface area contributed by atoms with Crippen LogP contribution in [0.3, 0.4) is 0 Å². The van der Waals surface area contributed by atoms with Crippen molar-refractivity contribution in [3.05, 3.63) is 34.9 Å². The van der Waals surface area contributed by atoms with Crippen LogP contribution in [0.25, 0.3) is 0 Å². The molecule has 0 radical (unpaired) electrons. The first-order valence-electron chi connectivity index (χ1n) is 5.03. The molecule has 3 heteroatoms. The van der Waals surface area contributed by atoms with Gasteiger partial charge in [-0.05, 0) is 24.0 Å². The van der Waals surface area contributed by atoms with Gasteiger partial charge in [0.25, 0.3) is 0 Å². The average Bonchev–Trinajstić information content (AvgIpc) is 2.57. The Morgan fingerprint density at radius 3 is 2.87 bits per heavy atom. The van der Waals surface area contributed by atoms with Gasteiger partial charge in [-0.1, -0.05) is 18.2 Å². The second-order valence-electron chi connectivity index (χ2n) is 3.81. The molecule has 3 nitrogen and oxygen atoms in total. The van der Waals surface area contributed by atoms with E-state index in [1.54, 1.807) is 0 Å². The molecule has 0 spiro atoms. The minimum absolute atomic E-state index is 0.146. The normalized spacial score (nSPS) is 14.0. The maximum atomic E-state index is 11.3. The molecule has 1 aromatic carbocycles. The van der Waals surface area contributed by atoms with E-state index < -0.39 is 5.97 Å². The summed E-state index contributed by atoms with van der Waals surface area (Å²) in [4.78, 5) is 21.8. The molecule has 0 bridgehead atoms. The monoisotopic (exact) mass is 204 g/mol. The largest absolute Gasteiger partial charge is 0.481 e. The van der Waals surface area contributed by atoms with Crippen molar-refractivity contribution >= 4 is 11.8 Å². The lowest BCUT2D eigenvalue weighted by Gasteiger charge is -2.02. The van der Waals surface area contributed by atoms with Crippen LogP contribution in [0.2, 0.25) is 0 Å². The second kappa shape index (κ2) is 3.85. The van der Waals surface area contributed by atoms with E-state index in [1.807, 2.05) is 18.2 Å². The molecule has 1 aliphatic rings. The number of fused-ring (bicyclic) bond motifs is 1. The molecule has 1 aromatic rings. The molecule has 0 atom stereocenters. The molecule has 78 valence electrons. The van der Waals surface area contributed by atoms with Crippen LogP contribution in [-0.4, -0.2) is 16.9 Å². The summed E-state index contributed by atoms with van der Waals surface area (Å²) in [5.41, 5.74) is 2.89. The number of benzene rings is 1. The van der Waals surface area contributed by atoms with Gasteiger partial charge >= 0.3 is 5.97 Å². The SMILES string of the molecule is O=C(O)CCc1ccc2c(c1)CCC2=O. The van der Waals surface area contributed by atoms with Gasteiger partial charge in [-0.25, -0.2) is 0 Å². The van der Waals surface area contributed by atoms with Gasteiger partial charge in [-0.15, -0.1) is 0 Å². The van der Waals surface area contributed by atoms with Crippen molar-refractivity contribution in [2.24, 2.45) is 0 Å². The van der Waals surface area contributed by atoms with E-state index >= 15 is 0 Å². The van der Waals surface area contributed by atoms with Crippen LogP contribution in [0.15, 0.2) is 18.2 Å². The lowest BCUT2D eigenvalue weighted by Crippen LogP contribution is -1.98. The number of ketones is 1. The fourth-order valence-electron chi connectivity index (χ4n) is 1.92. The van der Waals surface area contributed by atoms with Crippen molar-refractivity contribution in [1.29, 1.82) is 0 Å². The van der Waals surface area contributed by atoms with Gasteiger partial charge in [0.15, 0.2) is 5.78 Å². The summed E-state index contributed by atoms with van der Waals surface area (Å²) in [5, 5.41) is 8.56. The fraction of sp³-hybridized carbons (Fsp3) is 0.333. The minimum Gasteiger partial charge on any atom is -0.481 e. The van der Waals surface area contributed by atoms with Crippen molar-refractivity contribution in [3.63, 3.8) is 0 Å². The molecule has 0 aromatic heterocycles. The Balaban J connectivity index is 2.16. The molecule has 0 saturated heterocycles. The van der Waals surface area contributed by atoms with Gasteiger partial charge < -0.3 is 5.11 Å². The van der Waals surface area contributed by atoms with E-state index in [9.17, 15) is 9.59 Å². The number of carbonyl (C=O) groups excluding carboxylic acids is 1. The van der Waals surface area contributed by atoms with Crippen LogP contribution in [0, 0.1) is 0 Å². The molecular weight excluding hydrogens is 192 g/mol. The van der Waals surface area contributed by atoms with Crippen LogP contribution in [-0.2, 0) is 17.6 Å². The Bertz CT molecular complexity index is 421. The lowest BCUT2D eigenvalue weighted by molar-refractivity contribution is -0.136. The minimum atomic E-state index is -0.786. The first-order valence-corrected chi connectivity index (χ1v) is 5.03. The molecule has 0 fully saturated rings. The highest BCUT2D eigenvalue weighted by Gasteiger charge is 2.19. The zero-order valence-electron chi connectivity index (χ0n) is 8.32. The van der Waals surface area contributed by atoms with E-state index in [0.29, 0.717) is 12.8 Å². The molecule has 15 heavy (non-hydrogen) atoms. The number of hydrogen-bond donors (Lipinski definition) is 1. The van der Waals surface area contributed by atoms with Gasteiger partial charge in [0.05, 0.1) is 0 Å². The molecular formula is C12H12O3. The number of carboxylic acid groups (broad SMARTS) is 1. The second-order valence-corrected chi connectivity index (χ2v) is 3.81. The van der Waals surface area contributed by atoms with Crippen LogP contribution in [0.4, 0.5) is 0 Å². The third-order valence-electron chi connectivity index (χ3n) is 2.72. The maximum absolute atomic E-state index is 11.3. The summed E-state index contributed by atoms with van der Waals surface area (Å²) >= 11 is 0. The van der Waals surface area contributed by atoms with Crippen molar-refractivity contribution in [1.82, 2.24) is 0 Å². The van der Waals surface area contributed by atoms with Gasteiger partial charge in [0, 0.05) is 18.4 Å². The van der Waals surface area contributed by atoms with Crippen LogP contribution < -0.4 is 0 Å². The number of hydrogen-bond acceptors (Lipinski definition) is 2. The van der Waals surface area contributed by atoms with Gasteiger partial charge in [0.2, 0.25) is 0 Å². The van der Waals surface area contributed by atoms with Gasteiger partial charge in [0.1, 0.15) is 0 Å². The quantitative estimate of drug-likeness (QED) is 0.817. The Labute approximate surface area is 87.7 Å². The van der Waals surface area contributed by atoms with Gasteiger partial charge in [-0.2, -0.15) is 0 Å². The molecule has 0 aliphatic heterocycles. The number of carboxylic acids is 1. The van der Waals surface area contributed by atoms with Crippen LogP contribution >= 0.6 is 0 Å². The highest BCUT2D eigenvalue weighted by Crippen LogP contribution is 2.23. The maximum Gasteiger partial charge on any atom is 0.303 e. The van der Waals surface area contributed by atoms with E-state index in [0.717, 1.165) is 23.1 Å². The zero-order chi connectivity index (χ0) is 10.8. The zero-order valence-corrected chi connectivity index (χ0v) is 8.32. The standard InChI is InChI=1S/C12H12O3/c13-11-5-3-9-7-8(1-4-10(9)11)2-6-12(14)15/h1,4,7H,2-3,5-6H2,(H,14,15). The van der Waals surface area contributed by atoms with E-state index in [4.69, 9.17) is 5.11 Å². The molecule has 1 aliphatic carbocycles. The molecule has 2 rings (SSSR count). The number of aryl methyl sites for hydroxylation is 2. The first kappa shape index (κ1) is 9.90. The molecule has 0 amide bonds. The number of Topliss-reactive ketones (excluding diaryl/α,β-unsaturated/α-hetero) is 1. The number of carbonyl (C=O) groups is 2. The average molecular weight is 204 g/mol. The Morgan fingerprint density at radius 1 is 1.33 bits per heavy atom. The summed E-state index contributed by atoms with van der Waals surface area (Å²) in [6.45, 7) is 0. The van der Waals surface area contributed by atoms with Crippen LogP contribution in [0.1, 0.15) is 34.3 Å². The van der Waals surface area contributed by atoms with E-state index in [2.05, 4.69) is 0 Å². The third kappa shape index (κ3) is 2.06. The molecule has 0 heterocycles. The summed E-state index contributed by atoms with van der Waals surface area (Å²) in [5.74, 6) is -0.582. The first-order chi connectivity index (χ1) is 7.16. The van der Waals surface area contributed by atoms with Crippen LogP contribution in [0.5, 0.6) is 0 Å². The molecule has 0 unspecified atom stereocenters. The Hall–Kier alpha value is -1.64. The highest BCUT2D eigenvalue weighted by molar-refractivity contribution is 6.00. The summed E-state index contributed by atoms with van der Waals surface area (Å²) < 4.78 is 0.